The molecule has 0 bridgehead atoms. The minimum absolute atomic E-state index is 0.337. The predicted molar refractivity (Wildman–Crippen MR) is 107 cm³/mol. The van der Waals surface area contributed by atoms with Crippen LogP contribution in [0.4, 0.5) is 0 Å². The molecule has 3 unspecified atom stereocenters. The molecule has 0 aromatic carbocycles. The second kappa shape index (κ2) is 15.7. The van der Waals surface area contributed by atoms with Crippen LogP contribution < -0.4 is 0 Å². The third-order valence-electron chi connectivity index (χ3n) is 5.22. The minimum Gasteiger partial charge on any atom is -0.300 e. The van der Waals surface area contributed by atoms with Crippen LogP contribution in [-0.4, -0.2) is 10.6 Å². The van der Waals surface area contributed by atoms with Gasteiger partial charge >= 0.3 is 0 Å². The highest BCUT2D eigenvalue weighted by Gasteiger charge is 2.14. The first-order valence-corrected chi connectivity index (χ1v) is 11.0. The van der Waals surface area contributed by atoms with Gasteiger partial charge in [0.2, 0.25) is 0 Å². The van der Waals surface area contributed by atoms with Gasteiger partial charge in [-0.3, -0.25) is 0 Å². The van der Waals surface area contributed by atoms with E-state index >= 15 is 0 Å². The monoisotopic (exact) mass is 388 g/mol. The average Bonchev–Trinajstić information content (AvgIpc) is 2.51. The molecule has 0 aromatic rings. The zero-order chi connectivity index (χ0) is 17.5. The van der Waals surface area contributed by atoms with Crippen molar-refractivity contribution in [1.29, 1.82) is 0 Å². The number of alkyl halides is 1. The molecule has 2 heteroatoms. The summed E-state index contributed by atoms with van der Waals surface area (Å²) in [4.78, 5) is 11.6. The number of carbonyl (C=O) groups is 1. The van der Waals surface area contributed by atoms with Crippen LogP contribution in [0.5, 0.6) is 0 Å². The van der Waals surface area contributed by atoms with Crippen LogP contribution in [0.2, 0.25) is 0 Å². The first-order chi connectivity index (χ1) is 11.0. The largest absolute Gasteiger partial charge is 0.300 e. The maximum absolute atomic E-state index is 10.9. The van der Waals surface area contributed by atoms with Gasteiger partial charge in [-0.2, -0.15) is 0 Å². The maximum Gasteiger partial charge on any atom is 0.129 e. The van der Waals surface area contributed by atoms with Crippen LogP contribution in [0.1, 0.15) is 111 Å². The van der Waals surface area contributed by atoms with E-state index in [2.05, 4.69) is 36.7 Å². The summed E-state index contributed by atoms with van der Waals surface area (Å²) >= 11 is 3.88. The molecule has 0 aliphatic heterocycles. The highest BCUT2D eigenvalue weighted by Crippen LogP contribution is 2.26. The fourth-order valence-electron chi connectivity index (χ4n) is 3.14. The van der Waals surface area contributed by atoms with Crippen molar-refractivity contribution in [1.82, 2.24) is 0 Å². The van der Waals surface area contributed by atoms with Crippen molar-refractivity contribution in [3.63, 3.8) is 0 Å². The second-order valence-corrected chi connectivity index (χ2v) is 8.93. The first-order valence-electron chi connectivity index (χ1n) is 10.1. The molecule has 0 aliphatic carbocycles. The van der Waals surface area contributed by atoms with Gasteiger partial charge in [0.05, 0.1) is 0 Å². The molecule has 0 aliphatic rings. The third kappa shape index (κ3) is 15.4. The van der Waals surface area contributed by atoms with Crippen LogP contribution in [0.3, 0.4) is 0 Å². The van der Waals surface area contributed by atoms with E-state index in [1.165, 1.54) is 70.6 Å². The molecule has 0 fully saturated rings. The maximum atomic E-state index is 10.9. The number of halogens is 1. The standard InChI is InChI=1S/C21H41BrO/c1-5-6-10-13-18(2)19(3)16-17-21(22)15-12-9-7-8-11-14-20(4)23/h18-19,21H,5-17H2,1-4H3. The number of carbonyl (C=O) groups excluding carboxylic acids is 1. The molecule has 0 saturated heterocycles. The molecule has 23 heavy (non-hydrogen) atoms. The molecule has 0 amide bonds. The Labute approximate surface area is 154 Å². The summed E-state index contributed by atoms with van der Waals surface area (Å²) in [5.74, 6) is 2.07. The van der Waals surface area contributed by atoms with Crippen molar-refractivity contribution >= 4 is 21.7 Å². The summed E-state index contributed by atoms with van der Waals surface area (Å²) in [7, 11) is 0. The fourth-order valence-corrected chi connectivity index (χ4v) is 3.73. The summed E-state index contributed by atoms with van der Waals surface area (Å²) in [5.41, 5.74) is 0. The number of hydrogen-bond acceptors (Lipinski definition) is 1. The first kappa shape index (κ1) is 23.1. The van der Waals surface area contributed by atoms with Gasteiger partial charge in [0.15, 0.2) is 0 Å². The molecule has 1 nitrogen and oxygen atoms in total. The second-order valence-electron chi connectivity index (χ2n) is 7.63. The quantitative estimate of drug-likeness (QED) is 0.195. The van der Waals surface area contributed by atoms with Crippen LogP contribution in [0, 0.1) is 11.8 Å². The van der Waals surface area contributed by atoms with Crippen LogP contribution >= 0.6 is 15.9 Å². The Hall–Kier alpha value is 0.150. The smallest absolute Gasteiger partial charge is 0.129 e. The lowest BCUT2D eigenvalue weighted by Gasteiger charge is -2.21. The molecule has 0 rings (SSSR count). The average molecular weight is 389 g/mol. The molecule has 3 atom stereocenters. The highest BCUT2D eigenvalue weighted by molar-refractivity contribution is 9.09. The number of ketones is 1. The molecular formula is C21H41BrO. The Bertz CT molecular complexity index is 277. The zero-order valence-corrected chi connectivity index (χ0v) is 17.8. The number of rotatable bonds is 16. The van der Waals surface area contributed by atoms with Gasteiger partial charge in [0, 0.05) is 11.2 Å². The lowest BCUT2D eigenvalue weighted by Crippen LogP contribution is -2.10. The molecule has 0 saturated carbocycles. The van der Waals surface area contributed by atoms with Crippen LogP contribution in [-0.2, 0) is 4.79 Å². The van der Waals surface area contributed by atoms with E-state index in [0.29, 0.717) is 10.6 Å². The van der Waals surface area contributed by atoms with E-state index < -0.39 is 0 Å². The van der Waals surface area contributed by atoms with E-state index in [1.54, 1.807) is 6.92 Å². The number of hydrogen-bond donors (Lipinski definition) is 0. The lowest BCUT2D eigenvalue weighted by atomic mass is 9.87. The van der Waals surface area contributed by atoms with E-state index in [0.717, 1.165) is 24.7 Å². The molecule has 0 N–H and O–H groups in total. The van der Waals surface area contributed by atoms with E-state index in [-0.39, 0.29) is 0 Å². The highest BCUT2D eigenvalue weighted by atomic mass is 79.9. The lowest BCUT2D eigenvalue weighted by molar-refractivity contribution is -0.117. The molecular weight excluding hydrogens is 348 g/mol. The van der Waals surface area contributed by atoms with Gasteiger partial charge in [-0.05, 0) is 44.4 Å². The van der Waals surface area contributed by atoms with Crippen molar-refractivity contribution in [3.8, 4) is 0 Å². The molecule has 0 radical (unpaired) electrons. The van der Waals surface area contributed by atoms with E-state index in [4.69, 9.17) is 0 Å². The van der Waals surface area contributed by atoms with Crippen molar-refractivity contribution in [2.75, 3.05) is 0 Å². The van der Waals surface area contributed by atoms with Gasteiger partial charge in [-0.15, -0.1) is 0 Å². The Morgan fingerprint density at radius 2 is 1.35 bits per heavy atom. The normalized spacial score (nSPS) is 15.3. The third-order valence-corrected chi connectivity index (χ3v) is 6.13. The molecule has 0 heterocycles. The van der Waals surface area contributed by atoms with Crippen LogP contribution in [0.25, 0.3) is 0 Å². The van der Waals surface area contributed by atoms with Crippen molar-refractivity contribution < 1.29 is 4.79 Å². The predicted octanol–water partition coefficient (Wildman–Crippen LogP) is 7.70. The van der Waals surface area contributed by atoms with Gasteiger partial charge in [0.25, 0.3) is 0 Å². The van der Waals surface area contributed by atoms with E-state index in [9.17, 15) is 4.79 Å². The molecule has 0 spiro atoms. The van der Waals surface area contributed by atoms with Gasteiger partial charge < -0.3 is 4.79 Å². The SMILES string of the molecule is CCCCCC(C)C(C)CCC(Br)CCCCCCCC(C)=O. The minimum atomic E-state index is 0.337. The Morgan fingerprint density at radius 1 is 0.783 bits per heavy atom. The van der Waals surface area contributed by atoms with Crippen molar-refractivity contribution in [3.05, 3.63) is 0 Å². The summed E-state index contributed by atoms with van der Waals surface area (Å²) in [6.45, 7) is 8.85. The Kier molecular flexibility index (Phi) is 15.8. The Balaban J connectivity index is 3.51. The summed E-state index contributed by atoms with van der Waals surface area (Å²) < 4.78 is 0. The summed E-state index contributed by atoms with van der Waals surface area (Å²) in [5, 5.41) is 0. The molecule has 138 valence electrons. The Morgan fingerprint density at radius 3 is 2.00 bits per heavy atom. The van der Waals surface area contributed by atoms with E-state index in [1.807, 2.05) is 0 Å². The molecule has 0 aromatic heterocycles. The topological polar surface area (TPSA) is 17.1 Å². The number of Topliss-reactive ketones (excluding diaryl/α,β-unsaturated/α-hetero) is 1. The van der Waals surface area contributed by atoms with Gasteiger partial charge in [-0.1, -0.05) is 88.1 Å². The fraction of sp³-hybridized carbons (Fsp3) is 0.952. The van der Waals surface area contributed by atoms with Crippen molar-refractivity contribution in [2.24, 2.45) is 11.8 Å². The van der Waals surface area contributed by atoms with Gasteiger partial charge in [0.1, 0.15) is 5.78 Å². The van der Waals surface area contributed by atoms with Crippen LogP contribution in [0.15, 0.2) is 0 Å². The number of unbranched alkanes of at least 4 members (excludes halogenated alkanes) is 6. The van der Waals surface area contributed by atoms with Gasteiger partial charge in [-0.25, -0.2) is 0 Å². The summed E-state index contributed by atoms with van der Waals surface area (Å²) in [6.07, 6.45) is 16.6. The summed E-state index contributed by atoms with van der Waals surface area (Å²) in [6, 6.07) is 0. The zero-order valence-electron chi connectivity index (χ0n) is 16.2. The van der Waals surface area contributed by atoms with Crippen molar-refractivity contribution in [2.45, 2.75) is 116 Å².